The number of aliphatic hydroxyl groups excluding tert-OH is 8. The van der Waals surface area contributed by atoms with Crippen LogP contribution in [0.3, 0.4) is 0 Å². The van der Waals surface area contributed by atoms with E-state index in [-0.39, 0.29) is 0 Å². The average Bonchev–Trinajstić information content (AvgIpc) is 3.18. The van der Waals surface area contributed by atoms with E-state index in [1.54, 1.807) is 0 Å². The summed E-state index contributed by atoms with van der Waals surface area (Å²) >= 11 is 0. The van der Waals surface area contributed by atoms with Crippen LogP contribution in [0.15, 0.2) is 0 Å². The Hall–Kier alpha value is -2.80. The molecule has 0 saturated carbocycles. The number of rotatable bonds is 12. The fourth-order valence-electron chi connectivity index (χ4n) is 6.29. The number of carbonyl (C=O) groups is 4. The topological polar surface area (TPSA) is 350 Å². The molecule has 0 bridgehead atoms. The first-order valence-electron chi connectivity index (χ1n) is 16.4. The molecule has 0 radical (unpaired) electrons. The van der Waals surface area contributed by atoms with Gasteiger partial charge in [-0.15, -0.1) is 0 Å². The van der Waals surface area contributed by atoms with E-state index >= 15 is 0 Å². The van der Waals surface area contributed by atoms with Crippen molar-refractivity contribution in [2.45, 2.75) is 123 Å². The van der Waals surface area contributed by atoms with E-state index < -0.39 is 147 Å². The van der Waals surface area contributed by atoms with E-state index in [0.717, 1.165) is 42.7 Å². The molecule has 9 unspecified atom stereocenters. The van der Waals surface area contributed by atoms with E-state index in [2.05, 4.69) is 9.47 Å². The van der Waals surface area contributed by atoms with Gasteiger partial charge in [0.2, 0.25) is 0 Å². The largest absolute Gasteiger partial charge is 0.467 e. The number of hydrogen-bond acceptors (Lipinski definition) is 25. The molecule has 0 aromatic rings. The smallest absolute Gasteiger partial charge is 0.337 e. The normalized spacial score (nSPS) is 44.9. The van der Waals surface area contributed by atoms with Crippen LogP contribution in [0.25, 0.3) is 0 Å². The number of ether oxygens (including phenoxy) is 13. The third-order valence-electron chi connectivity index (χ3n) is 9.29. The summed E-state index contributed by atoms with van der Waals surface area (Å²) in [6.07, 6.45) is -39.4. The standard InChI is InChI=1S/C30H46O25/c1-43-15-7(31)12(36)28(53-19(15)23(39)44-2)50-17-9(33)14(38)30(55-21(17)25(41)46-4)51-18-10(34)13(37)29(54-22(18)26(42)47-5)49-16-8(32)11(35)27(48-6)52-20(16)24(40)45-3/h7-22,27-38H,1-6H3/t7-,8?,9?,10?,11?,12?,13-,14?,15+,16-,17-,18+,19?,20?,21+,22?,27-,28+,29+,30-/m0/s1. The van der Waals surface area contributed by atoms with Gasteiger partial charge in [-0.3, -0.25) is 0 Å². The zero-order valence-corrected chi connectivity index (χ0v) is 30.1. The summed E-state index contributed by atoms with van der Waals surface area (Å²) in [4.78, 5) is 50.7. The van der Waals surface area contributed by atoms with Gasteiger partial charge in [-0.1, -0.05) is 0 Å². The van der Waals surface area contributed by atoms with Gasteiger partial charge in [-0.2, -0.15) is 0 Å². The summed E-state index contributed by atoms with van der Waals surface area (Å²) in [5, 5.41) is 87.0. The third kappa shape index (κ3) is 9.02. The lowest BCUT2D eigenvalue weighted by molar-refractivity contribution is -0.379. The van der Waals surface area contributed by atoms with Crippen LogP contribution in [0.1, 0.15) is 0 Å². The predicted octanol–water partition coefficient (Wildman–Crippen LogP) is -7.72. The predicted molar refractivity (Wildman–Crippen MR) is 163 cm³/mol. The van der Waals surface area contributed by atoms with Crippen molar-refractivity contribution in [2.24, 2.45) is 0 Å². The van der Waals surface area contributed by atoms with Crippen LogP contribution < -0.4 is 0 Å². The van der Waals surface area contributed by atoms with Gasteiger partial charge in [-0.05, 0) is 0 Å². The van der Waals surface area contributed by atoms with Crippen molar-refractivity contribution in [3.05, 3.63) is 0 Å². The molecular formula is C30H46O25. The SMILES string of the molecule is COC(=O)C1O[C@H](OC)C(O)C(O)[C@@H]1O[C@@H]1OC(C(=O)OC)[C@H](O[C@H]2O[C@@H](C(=O)OC)[C@@H](O[C@@H]3OC(C(=O)OC)[C@H](OC)[C@@H](O)C3O)C(O)C2O)C(O)[C@@H]1O. The maximum absolute atomic E-state index is 12.9. The molecule has 4 saturated heterocycles. The Morgan fingerprint density at radius 2 is 0.582 bits per heavy atom. The summed E-state index contributed by atoms with van der Waals surface area (Å²) in [6, 6.07) is 0. The van der Waals surface area contributed by atoms with Crippen molar-refractivity contribution >= 4 is 23.9 Å². The lowest BCUT2D eigenvalue weighted by Crippen LogP contribution is -2.68. The van der Waals surface area contributed by atoms with E-state index in [9.17, 15) is 60.0 Å². The van der Waals surface area contributed by atoms with E-state index in [1.807, 2.05) is 0 Å². The van der Waals surface area contributed by atoms with Gasteiger partial charge in [0.05, 0.1) is 28.4 Å². The average molecular weight is 807 g/mol. The summed E-state index contributed by atoms with van der Waals surface area (Å²) in [5.74, 6) is -4.75. The van der Waals surface area contributed by atoms with Crippen LogP contribution in [0.5, 0.6) is 0 Å². The molecule has 0 aromatic carbocycles. The Balaban J connectivity index is 1.57. The zero-order chi connectivity index (χ0) is 41.0. The van der Waals surface area contributed by atoms with Crippen LogP contribution in [0.2, 0.25) is 0 Å². The van der Waals surface area contributed by atoms with Crippen LogP contribution in [0.4, 0.5) is 0 Å². The minimum atomic E-state index is -2.25. The highest BCUT2D eigenvalue weighted by Gasteiger charge is 2.58. The van der Waals surface area contributed by atoms with E-state index in [1.165, 1.54) is 0 Å². The molecule has 0 amide bonds. The van der Waals surface area contributed by atoms with Gasteiger partial charge in [0.15, 0.2) is 49.6 Å². The second-order valence-electron chi connectivity index (χ2n) is 12.5. The fourth-order valence-corrected chi connectivity index (χ4v) is 6.29. The second-order valence-corrected chi connectivity index (χ2v) is 12.5. The number of carbonyl (C=O) groups excluding carboxylic acids is 4. The Morgan fingerprint density at radius 3 is 0.836 bits per heavy atom. The van der Waals surface area contributed by atoms with Crippen LogP contribution in [-0.2, 0) is 80.8 Å². The lowest BCUT2D eigenvalue weighted by Gasteiger charge is -2.48. The maximum atomic E-state index is 12.9. The van der Waals surface area contributed by atoms with Gasteiger partial charge >= 0.3 is 23.9 Å². The Bertz CT molecular complexity index is 1320. The number of aliphatic hydroxyl groups is 8. The summed E-state index contributed by atoms with van der Waals surface area (Å²) in [6.45, 7) is 0. The highest BCUT2D eigenvalue weighted by atomic mass is 16.8. The van der Waals surface area contributed by atoms with Crippen molar-refractivity contribution in [2.75, 3.05) is 42.7 Å². The molecule has 25 nitrogen and oxygen atoms in total. The first-order chi connectivity index (χ1) is 26.0. The third-order valence-corrected chi connectivity index (χ3v) is 9.29. The molecular weight excluding hydrogens is 760 g/mol. The molecule has 4 fully saturated rings. The van der Waals surface area contributed by atoms with Gasteiger partial charge in [-0.25, -0.2) is 19.2 Å². The fraction of sp³-hybridized carbons (Fsp3) is 0.867. The summed E-state index contributed by atoms with van der Waals surface area (Å²) < 4.78 is 67.3. The highest BCUT2D eigenvalue weighted by Crippen LogP contribution is 2.35. The van der Waals surface area contributed by atoms with Crippen molar-refractivity contribution < 1.29 is 122 Å². The molecule has 4 aliphatic rings. The molecule has 20 atom stereocenters. The summed E-state index contributed by atoms with van der Waals surface area (Å²) in [7, 11) is 5.98. The minimum Gasteiger partial charge on any atom is -0.467 e. The highest BCUT2D eigenvalue weighted by molar-refractivity contribution is 5.77. The van der Waals surface area contributed by atoms with Crippen LogP contribution in [-0.4, -0.2) is 230 Å². The van der Waals surface area contributed by atoms with Gasteiger partial charge in [0.25, 0.3) is 0 Å². The van der Waals surface area contributed by atoms with Crippen molar-refractivity contribution in [3.8, 4) is 0 Å². The molecule has 8 N–H and O–H groups in total. The quantitative estimate of drug-likeness (QED) is 0.0670. The molecule has 0 spiro atoms. The van der Waals surface area contributed by atoms with E-state index in [0.29, 0.717) is 0 Å². The van der Waals surface area contributed by atoms with Crippen LogP contribution >= 0.6 is 0 Å². The van der Waals surface area contributed by atoms with Crippen molar-refractivity contribution in [1.82, 2.24) is 0 Å². The van der Waals surface area contributed by atoms with Crippen molar-refractivity contribution in [1.29, 1.82) is 0 Å². The molecule has 25 heteroatoms. The van der Waals surface area contributed by atoms with Gasteiger partial charge in [0.1, 0.15) is 73.2 Å². The Labute approximate surface area is 311 Å². The molecule has 55 heavy (non-hydrogen) atoms. The maximum Gasteiger partial charge on any atom is 0.337 e. The molecule has 4 heterocycles. The molecule has 316 valence electrons. The monoisotopic (exact) mass is 806 g/mol. The summed E-state index contributed by atoms with van der Waals surface area (Å²) in [5.41, 5.74) is 0. The van der Waals surface area contributed by atoms with Gasteiger partial charge < -0.3 is 102 Å². The Kier molecular flexibility index (Phi) is 15.6. The van der Waals surface area contributed by atoms with Crippen LogP contribution in [0, 0.1) is 0 Å². The first kappa shape index (κ1) is 44.9. The second kappa shape index (κ2) is 19.1. The molecule has 4 rings (SSSR count). The van der Waals surface area contributed by atoms with Gasteiger partial charge in [0, 0.05) is 14.2 Å². The molecule has 0 aliphatic carbocycles. The first-order valence-corrected chi connectivity index (χ1v) is 16.4. The lowest BCUT2D eigenvalue weighted by atomic mass is 9.95. The number of methoxy groups -OCH3 is 6. The van der Waals surface area contributed by atoms with Crippen molar-refractivity contribution in [3.63, 3.8) is 0 Å². The zero-order valence-electron chi connectivity index (χ0n) is 30.1. The minimum absolute atomic E-state index is 0.895. The molecule has 4 aliphatic heterocycles. The van der Waals surface area contributed by atoms with E-state index in [4.69, 9.17) is 52.1 Å². The number of esters is 4. The molecule has 0 aromatic heterocycles. The number of hydrogen-bond donors (Lipinski definition) is 8. The Morgan fingerprint density at radius 1 is 0.345 bits per heavy atom.